The average molecular weight is 365 g/mol. The van der Waals surface area contributed by atoms with E-state index in [9.17, 15) is 9.59 Å². The van der Waals surface area contributed by atoms with Crippen LogP contribution in [0.15, 0.2) is 54.6 Å². The van der Waals surface area contributed by atoms with E-state index in [-0.39, 0.29) is 11.8 Å². The van der Waals surface area contributed by atoms with Gasteiger partial charge in [-0.3, -0.25) is 9.59 Å². The lowest BCUT2D eigenvalue weighted by atomic mass is 10.2. The number of anilines is 2. The number of nitrogens with zero attached hydrogens (tertiary/aromatic N) is 3. The summed E-state index contributed by atoms with van der Waals surface area (Å²) in [6.45, 7) is 7.09. The summed E-state index contributed by atoms with van der Waals surface area (Å²) < 4.78 is 0. The van der Waals surface area contributed by atoms with Gasteiger partial charge in [-0.05, 0) is 31.2 Å². The van der Waals surface area contributed by atoms with Gasteiger partial charge in [0.05, 0.1) is 0 Å². The van der Waals surface area contributed by atoms with Gasteiger partial charge in [-0.2, -0.15) is 0 Å². The molecule has 0 bridgehead atoms. The fourth-order valence-electron chi connectivity index (χ4n) is 3.41. The third-order valence-corrected chi connectivity index (χ3v) is 5.03. The molecular weight excluding hydrogens is 338 g/mol. The van der Waals surface area contributed by atoms with E-state index >= 15 is 0 Å². The van der Waals surface area contributed by atoms with Crippen LogP contribution < -0.4 is 9.80 Å². The van der Waals surface area contributed by atoms with Crippen LogP contribution in [0, 0.1) is 6.92 Å². The Morgan fingerprint density at radius 1 is 0.926 bits per heavy atom. The Kier molecular flexibility index (Phi) is 6.12. The zero-order valence-electron chi connectivity index (χ0n) is 16.1. The van der Waals surface area contributed by atoms with Crippen molar-refractivity contribution in [1.82, 2.24) is 4.90 Å². The first-order valence-electron chi connectivity index (χ1n) is 9.47. The molecule has 1 aliphatic heterocycles. The first-order chi connectivity index (χ1) is 13.0. The molecule has 5 heteroatoms. The summed E-state index contributed by atoms with van der Waals surface area (Å²) in [5.41, 5.74) is 3.19. The normalized spacial score (nSPS) is 14.1. The summed E-state index contributed by atoms with van der Waals surface area (Å²) in [6, 6.07) is 18.1. The van der Waals surface area contributed by atoms with E-state index in [2.05, 4.69) is 17.0 Å². The largest absolute Gasteiger partial charge is 0.368 e. The topological polar surface area (TPSA) is 43.9 Å². The van der Waals surface area contributed by atoms with Gasteiger partial charge in [-0.15, -0.1) is 0 Å². The molecule has 1 fully saturated rings. The molecule has 0 radical (unpaired) electrons. The highest BCUT2D eigenvalue weighted by molar-refractivity contribution is 5.92. The summed E-state index contributed by atoms with van der Waals surface area (Å²) in [4.78, 5) is 30.5. The monoisotopic (exact) mass is 365 g/mol. The van der Waals surface area contributed by atoms with Crippen molar-refractivity contribution in [2.75, 3.05) is 42.5 Å². The van der Waals surface area contributed by atoms with Gasteiger partial charge in [0, 0.05) is 57.4 Å². The van der Waals surface area contributed by atoms with Crippen LogP contribution in [0.25, 0.3) is 0 Å². The fourth-order valence-corrected chi connectivity index (χ4v) is 3.41. The summed E-state index contributed by atoms with van der Waals surface area (Å²) in [6.07, 6.45) is 0.346. The lowest BCUT2D eigenvalue weighted by molar-refractivity contribution is -0.131. The van der Waals surface area contributed by atoms with Gasteiger partial charge in [0.2, 0.25) is 11.8 Å². The van der Waals surface area contributed by atoms with Gasteiger partial charge < -0.3 is 14.7 Å². The number of carbonyl (C=O) groups excluding carboxylic acids is 2. The Hall–Kier alpha value is -2.82. The Bertz CT molecular complexity index is 766. The van der Waals surface area contributed by atoms with Gasteiger partial charge in [0.25, 0.3) is 0 Å². The maximum absolute atomic E-state index is 12.6. The van der Waals surface area contributed by atoms with E-state index in [0.29, 0.717) is 13.0 Å². The first-order valence-corrected chi connectivity index (χ1v) is 9.47. The number of benzene rings is 2. The van der Waals surface area contributed by atoms with E-state index < -0.39 is 0 Å². The molecule has 0 atom stereocenters. The van der Waals surface area contributed by atoms with Crippen molar-refractivity contribution < 1.29 is 9.59 Å². The maximum Gasteiger partial charge on any atom is 0.224 e. The van der Waals surface area contributed by atoms with Crippen molar-refractivity contribution in [3.63, 3.8) is 0 Å². The zero-order valence-corrected chi connectivity index (χ0v) is 16.1. The van der Waals surface area contributed by atoms with Crippen molar-refractivity contribution in [2.24, 2.45) is 0 Å². The highest BCUT2D eigenvalue weighted by atomic mass is 16.2. The number of amides is 2. The van der Waals surface area contributed by atoms with Crippen molar-refractivity contribution in [2.45, 2.75) is 20.3 Å². The smallest absolute Gasteiger partial charge is 0.224 e. The van der Waals surface area contributed by atoms with Crippen molar-refractivity contribution >= 4 is 23.2 Å². The molecule has 1 saturated heterocycles. The van der Waals surface area contributed by atoms with Crippen molar-refractivity contribution in [3.05, 3.63) is 60.2 Å². The number of carbonyl (C=O) groups is 2. The van der Waals surface area contributed by atoms with Crippen LogP contribution in [-0.2, 0) is 9.59 Å². The molecule has 142 valence electrons. The minimum absolute atomic E-state index is 0.0412. The van der Waals surface area contributed by atoms with Crippen molar-refractivity contribution in [1.29, 1.82) is 0 Å². The molecule has 5 nitrogen and oxygen atoms in total. The molecule has 0 aliphatic carbocycles. The molecule has 2 amide bonds. The second-order valence-electron chi connectivity index (χ2n) is 6.96. The van der Waals surface area contributed by atoms with Gasteiger partial charge in [0.15, 0.2) is 0 Å². The molecule has 1 aliphatic rings. The molecule has 0 unspecified atom stereocenters. The predicted octanol–water partition coefficient (Wildman–Crippen LogP) is 3.09. The van der Waals surface area contributed by atoms with Crippen LogP contribution in [-0.4, -0.2) is 49.4 Å². The lowest BCUT2D eigenvalue weighted by Crippen LogP contribution is -2.49. The summed E-state index contributed by atoms with van der Waals surface area (Å²) in [5, 5.41) is 0. The highest BCUT2D eigenvalue weighted by Gasteiger charge is 2.22. The minimum atomic E-state index is -0.0412. The van der Waals surface area contributed by atoms with E-state index in [1.807, 2.05) is 54.3 Å². The molecule has 0 N–H and O–H groups in total. The molecule has 27 heavy (non-hydrogen) atoms. The van der Waals surface area contributed by atoms with E-state index in [0.717, 1.165) is 37.4 Å². The minimum Gasteiger partial charge on any atom is -0.368 e. The molecule has 2 aromatic carbocycles. The SMILES string of the molecule is CC(=O)N(CCC(=O)N1CCN(c2ccccc2)CC1)c1ccc(C)cc1. The number of aryl methyl sites for hydroxylation is 1. The summed E-state index contributed by atoms with van der Waals surface area (Å²) in [5.74, 6) is 0.0709. The highest BCUT2D eigenvalue weighted by Crippen LogP contribution is 2.18. The zero-order chi connectivity index (χ0) is 19.2. The molecule has 3 rings (SSSR count). The van der Waals surface area contributed by atoms with Crippen molar-refractivity contribution in [3.8, 4) is 0 Å². The lowest BCUT2D eigenvalue weighted by Gasteiger charge is -2.36. The maximum atomic E-state index is 12.6. The van der Waals surface area contributed by atoms with E-state index in [1.165, 1.54) is 5.69 Å². The molecule has 1 heterocycles. The number of para-hydroxylation sites is 1. The number of hydrogen-bond acceptors (Lipinski definition) is 3. The summed E-state index contributed by atoms with van der Waals surface area (Å²) >= 11 is 0. The average Bonchev–Trinajstić information content (AvgIpc) is 2.70. The van der Waals surface area contributed by atoms with Crippen LogP contribution in [0.1, 0.15) is 18.9 Å². The standard InChI is InChI=1S/C22H27N3O2/c1-18-8-10-21(11-9-18)25(19(2)26)13-12-22(27)24-16-14-23(15-17-24)20-6-4-3-5-7-20/h3-11H,12-17H2,1-2H3. The van der Waals surface area contributed by atoms with Crippen LogP contribution in [0.3, 0.4) is 0 Å². The Morgan fingerprint density at radius 3 is 2.15 bits per heavy atom. The van der Waals surface area contributed by atoms with Crippen LogP contribution in [0.5, 0.6) is 0 Å². The number of rotatable bonds is 5. The predicted molar refractivity (Wildman–Crippen MR) is 109 cm³/mol. The van der Waals surface area contributed by atoms with E-state index in [4.69, 9.17) is 0 Å². The van der Waals surface area contributed by atoms with Crippen LogP contribution in [0.4, 0.5) is 11.4 Å². The molecular formula is C22H27N3O2. The first kappa shape index (κ1) is 19.0. The molecule has 0 spiro atoms. The van der Waals surface area contributed by atoms with Crippen LogP contribution >= 0.6 is 0 Å². The second kappa shape index (κ2) is 8.71. The second-order valence-corrected chi connectivity index (χ2v) is 6.96. The number of hydrogen-bond donors (Lipinski definition) is 0. The molecule has 0 saturated carbocycles. The van der Waals surface area contributed by atoms with Gasteiger partial charge in [-0.1, -0.05) is 35.9 Å². The van der Waals surface area contributed by atoms with Gasteiger partial charge in [0.1, 0.15) is 0 Å². The Balaban J connectivity index is 1.53. The summed E-state index contributed by atoms with van der Waals surface area (Å²) in [7, 11) is 0. The third-order valence-electron chi connectivity index (χ3n) is 5.03. The fraction of sp³-hybridized carbons (Fsp3) is 0.364. The van der Waals surface area contributed by atoms with Gasteiger partial charge >= 0.3 is 0 Å². The quantitative estimate of drug-likeness (QED) is 0.818. The Labute approximate surface area is 161 Å². The molecule has 0 aromatic heterocycles. The Morgan fingerprint density at radius 2 is 1.56 bits per heavy atom. The van der Waals surface area contributed by atoms with Gasteiger partial charge in [-0.25, -0.2) is 0 Å². The van der Waals surface area contributed by atoms with E-state index in [1.54, 1.807) is 11.8 Å². The molecule has 2 aromatic rings. The number of piperazine rings is 1. The van der Waals surface area contributed by atoms with Crippen LogP contribution in [0.2, 0.25) is 0 Å². The third kappa shape index (κ3) is 4.88.